The van der Waals surface area contributed by atoms with Gasteiger partial charge in [-0.15, -0.1) is 0 Å². The van der Waals surface area contributed by atoms with E-state index in [2.05, 4.69) is 0 Å². The second-order valence-corrected chi connectivity index (χ2v) is 4.73. The summed E-state index contributed by atoms with van der Waals surface area (Å²) in [6.45, 7) is 5.35. The number of aliphatic hydroxyl groups is 1. The number of para-hydroxylation sites is 1. The Kier molecular flexibility index (Phi) is 2.23. The molecule has 0 saturated heterocycles. The highest BCUT2D eigenvalue weighted by atomic mass is 19.2. The van der Waals surface area contributed by atoms with E-state index in [4.69, 9.17) is 0 Å². The summed E-state index contributed by atoms with van der Waals surface area (Å²) in [5.74, 6) is -0.0387. The Hall–Kier alpha value is -1.09. The SMILES string of the molecule is CC1c2ccccc2N(F)C(C)(C)C1O. The van der Waals surface area contributed by atoms with Gasteiger partial charge >= 0.3 is 0 Å². The Morgan fingerprint density at radius 1 is 1.33 bits per heavy atom. The van der Waals surface area contributed by atoms with E-state index >= 15 is 0 Å². The summed E-state index contributed by atoms with van der Waals surface area (Å²) >= 11 is 0. The summed E-state index contributed by atoms with van der Waals surface area (Å²) in [5.41, 5.74) is 0.570. The zero-order valence-electron chi connectivity index (χ0n) is 9.24. The molecule has 1 heterocycles. The maximum absolute atomic E-state index is 14.1. The summed E-state index contributed by atoms with van der Waals surface area (Å²) in [5, 5.41) is 10.7. The van der Waals surface area contributed by atoms with Gasteiger partial charge in [0.25, 0.3) is 0 Å². The molecule has 1 aromatic carbocycles. The maximum Gasteiger partial charge on any atom is 0.0931 e. The summed E-state index contributed by atoms with van der Waals surface area (Å²) in [6.07, 6.45) is -0.697. The topological polar surface area (TPSA) is 23.5 Å². The summed E-state index contributed by atoms with van der Waals surface area (Å²) in [7, 11) is 0. The summed E-state index contributed by atoms with van der Waals surface area (Å²) < 4.78 is 14.1. The second-order valence-electron chi connectivity index (χ2n) is 4.73. The molecule has 0 bridgehead atoms. The Morgan fingerprint density at radius 3 is 2.60 bits per heavy atom. The van der Waals surface area contributed by atoms with Gasteiger partial charge in [-0.1, -0.05) is 29.6 Å². The molecule has 1 aliphatic heterocycles. The lowest BCUT2D eigenvalue weighted by Crippen LogP contribution is -2.54. The van der Waals surface area contributed by atoms with Gasteiger partial charge in [0.15, 0.2) is 0 Å². The first kappa shape index (κ1) is 10.4. The maximum atomic E-state index is 14.1. The average Bonchev–Trinajstić information content (AvgIpc) is 2.24. The van der Waals surface area contributed by atoms with Gasteiger partial charge in [-0.25, -0.2) is 5.12 Å². The standard InChI is InChI=1S/C12H16FNO/c1-8-9-6-4-5-7-10(9)14(13)12(2,3)11(8)15/h4-8,11,15H,1-3H3. The minimum absolute atomic E-state index is 0.0387. The molecule has 0 amide bonds. The van der Waals surface area contributed by atoms with Crippen molar-refractivity contribution in [1.82, 2.24) is 0 Å². The quantitative estimate of drug-likeness (QED) is 0.664. The zero-order chi connectivity index (χ0) is 11.2. The highest BCUT2D eigenvalue weighted by Gasteiger charge is 2.44. The number of hydrogen-bond donors (Lipinski definition) is 1. The smallest absolute Gasteiger partial charge is 0.0931 e. The van der Waals surface area contributed by atoms with Gasteiger partial charge in [0.1, 0.15) is 0 Å². The highest BCUT2D eigenvalue weighted by Crippen LogP contribution is 2.43. The number of fused-ring (bicyclic) bond motifs is 1. The Labute approximate surface area is 89.3 Å². The number of halogens is 1. The van der Waals surface area contributed by atoms with Gasteiger partial charge in [0.05, 0.1) is 17.3 Å². The van der Waals surface area contributed by atoms with Gasteiger partial charge in [-0.05, 0) is 25.5 Å². The van der Waals surface area contributed by atoms with Gasteiger partial charge < -0.3 is 5.11 Å². The number of benzene rings is 1. The molecule has 0 saturated carbocycles. The molecule has 2 nitrogen and oxygen atoms in total. The molecule has 2 atom stereocenters. The number of nitrogens with zero attached hydrogens (tertiary/aromatic N) is 1. The van der Waals surface area contributed by atoms with Crippen LogP contribution in [0.15, 0.2) is 24.3 Å². The van der Waals surface area contributed by atoms with Crippen molar-refractivity contribution in [3.8, 4) is 0 Å². The van der Waals surface area contributed by atoms with E-state index in [0.29, 0.717) is 10.8 Å². The molecule has 1 aliphatic rings. The molecule has 1 N–H and O–H groups in total. The molecule has 15 heavy (non-hydrogen) atoms. The van der Waals surface area contributed by atoms with Crippen molar-refractivity contribution in [3.63, 3.8) is 0 Å². The monoisotopic (exact) mass is 209 g/mol. The molecule has 0 radical (unpaired) electrons. The third-order valence-electron chi connectivity index (χ3n) is 3.34. The second kappa shape index (κ2) is 3.20. The number of anilines is 1. The molecule has 3 heteroatoms. The molecule has 0 aromatic heterocycles. The Bertz CT molecular complexity index is 378. The lowest BCUT2D eigenvalue weighted by atomic mass is 9.79. The van der Waals surface area contributed by atoms with Crippen molar-refractivity contribution < 1.29 is 9.59 Å². The average molecular weight is 209 g/mol. The molecule has 2 unspecified atom stereocenters. The van der Waals surface area contributed by atoms with Gasteiger partial charge in [-0.3, -0.25) is 0 Å². The van der Waals surface area contributed by atoms with Crippen molar-refractivity contribution >= 4 is 5.69 Å². The molecule has 0 fully saturated rings. The molecule has 2 rings (SSSR count). The van der Waals surface area contributed by atoms with Crippen LogP contribution in [0.1, 0.15) is 32.3 Å². The van der Waals surface area contributed by atoms with Crippen LogP contribution in [-0.2, 0) is 0 Å². The molecule has 82 valence electrons. The third kappa shape index (κ3) is 1.34. The van der Waals surface area contributed by atoms with E-state index in [0.717, 1.165) is 5.56 Å². The van der Waals surface area contributed by atoms with Crippen LogP contribution in [0.5, 0.6) is 0 Å². The van der Waals surface area contributed by atoms with Crippen molar-refractivity contribution in [2.24, 2.45) is 0 Å². The van der Waals surface area contributed by atoms with Crippen LogP contribution in [0.2, 0.25) is 0 Å². The lowest BCUT2D eigenvalue weighted by molar-refractivity contribution is 0.0442. The first-order chi connectivity index (χ1) is 6.96. The fraction of sp³-hybridized carbons (Fsp3) is 0.500. The van der Waals surface area contributed by atoms with E-state index in [1.165, 1.54) is 0 Å². The van der Waals surface area contributed by atoms with Crippen molar-refractivity contribution in [3.05, 3.63) is 29.8 Å². The summed E-state index contributed by atoms with van der Waals surface area (Å²) in [4.78, 5) is 0. The number of aliphatic hydroxyl groups excluding tert-OH is 1. The fourth-order valence-corrected chi connectivity index (χ4v) is 2.26. The minimum atomic E-state index is -0.867. The van der Waals surface area contributed by atoms with Gasteiger partial charge in [0, 0.05) is 5.92 Å². The van der Waals surface area contributed by atoms with Crippen LogP contribution in [0.3, 0.4) is 0 Å². The van der Waals surface area contributed by atoms with Crippen molar-refractivity contribution in [2.45, 2.75) is 38.3 Å². The fourth-order valence-electron chi connectivity index (χ4n) is 2.26. The first-order valence-corrected chi connectivity index (χ1v) is 5.19. The van der Waals surface area contributed by atoms with Gasteiger partial charge in [-0.2, -0.15) is 0 Å². The van der Waals surface area contributed by atoms with Crippen LogP contribution >= 0.6 is 0 Å². The molecule has 1 aromatic rings. The largest absolute Gasteiger partial charge is 0.390 e. The van der Waals surface area contributed by atoms with E-state index in [1.807, 2.05) is 25.1 Å². The number of hydrogen-bond acceptors (Lipinski definition) is 2. The molecule has 0 aliphatic carbocycles. The zero-order valence-corrected chi connectivity index (χ0v) is 9.24. The van der Waals surface area contributed by atoms with Crippen molar-refractivity contribution in [1.29, 1.82) is 0 Å². The van der Waals surface area contributed by atoms with E-state index in [1.54, 1.807) is 19.9 Å². The normalized spacial score (nSPS) is 28.7. The molecule has 0 spiro atoms. The lowest BCUT2D eigenvalue weighted by Gasteiger charge is -2.45. The third-order valence-corrected chi connectivity index (χ3v) is 3.34. The predicted octanol–water partition coefficient (Wildman–Crippen LogP) is 2.63. The minimum Gasteiger partial charge on any atom is -0.390 e. The van der Waals surface area contributed by atoms with Crippen LogP contribution in [0.4, 0.5) is 10.2 Å². The van der Waals surface area contributed by atoms with E-state index in [9.17, 15) is 9.59 Å². The molecular formula is C12H16FNO. The highest BCUT2D eigenvalue weighted by molar-refractivity contribution is 5.58. The van der Waals surface area contributed by atoms with Gasteiger partial charge in [0.2, 0.25) is 0 Å². The first-order valence-electron chi connectivity index (χ1n) is 5.19. The van der Waals surface area contributed by atoms with E-state index in [-0.39, 0.29) is 5.92 Å². The predicted molar refractivity (Wildman–Crippen MR) is 58.5 cm³/mol. The summed E-state index contributed by atoms with van der Waals surface area (Å²) in [6, 6.07) is 7.30. The van der Waals surface area contributed by atoms with E-state index < -0.39 is 11.6 Å². The van der Waals surface area contributed by atoms with Crippen molar-refractivity contribution in [2.75, 3.05) is 5.12 Å². The Morgan fingerprint density at radius 2 is 1.93 bits per heavy atom. The Balaban J connectivity index is 2.57. The molecular weight excluding hydrogens is 193 g/mol. The number of rotatable bonds is 0. The van der Waals surface area contributed by atoms with Crippen LogP contribution in [0, 0.1) is 0 Å². The van der Waals surface area contributed by atoms with Crippen LogP contribution in [0.25, 0.3) is 0 Å². The van der Waals surface area contributed by atoms with Crippen LogP contribution in [-0.4, -0.2) is 16.7 Å². The van der Waals surface area contributed by atoms with Crippen LogP contribution < -0.4 is 5.12 Å².